The summed E-state index contributed by atoms with van der Waals surface area (Å²) in [6.07, 6.45) is -1.36. The maximum absolute atomic E-state index is 11.8. The van der Waals surface area contributed by atoms with Crippen LogP contribution in [-0.4, -0.2) is 54.7 Å². The van der Waals surface area contributed by atoms with Crippen molar-refractivity contribution in [1.82, 2.24) is 5.32 Å². The molecule has 22 heavy (non-hydrogen) atoms. The summed E-state index contributed by atoms with van der Waals surface area (Å²) in [5, 5.41) is 2.38. The van der Waals surface area contributed by atoms with Crippen molar-refractivity contribution in [3.63, 3.8) is 0 Å². The van der Waals surface area contributed by atoms with Crippen molar-refractivity contribution in [2.75, 3.05) is 11.5 Å². The highest BCUT2D eigenvalue weighted by Crippen LogP contribution is 2.18. The standard InChI is InChI=1S/C11H23NO8S2/c1-10(2,3)20-9(13)12-11(4,5-7-21(14,15)16)6-8-22(17,18)19/h5-8H2,1-4H3,(H,12,13)(H,14,15,16)(H,17,18,19). The molecule has 0 radical (unpaired) electrons. The van der Waals surface area contributed by atoms with Crippen LogP contribution in [0.1, 0.15) is 40.5 Å². The van der Waals surface area contributed by atoms with Crippen molar-refractivity contribution < 1.29 is 35.5 Å². The molecule has 0 bridgehead atoms. The second-order valence-electron chi connectivity index (χ2n) is 6.26. The lowest BCUT2D eigenvalue weighted by Gasteiger charge is -2.31. The molecule has 0 aromatic carbocycles. The van der Waals surface area contributed by atoms with Crippen LogP contribution in [0.5, 0.6) is 0 Å². The molecule has 0 spiro atoms. The third kappa shape index (κ3) is 11.7. The minimum Gasteiger partial charge on any atom is -0.444 e. The molecule has 0 unspecified atom stereocenters. The summed E-state index contributed by atoms with van der Waals surface area (Å²) in [6, 6.07) is 0. The van der Waals surface area contributed by atoms with E-state index in [1.807, 2.05) is 0 Å². The van der Waals surface area contributed by atoms with Gasteiger partial charge in [-0.1, -0.05) is 0 Å². The molecule has 0 aromatic heterocycles. The Balaban J connectivity index is 5.02. The van der Waals surface area contributed by atoms with Gasteiger partial charge in [0.25, 0.3) is 20.2 Å². The SMILES string of the molecule is CC(CCS(=O)(=O)O)(CCS(=O)(=O)O)NC(=O)OC(C)(C)C. The van der Waals surface area contributed by atoms with Crippen molar-refractivity contribution in [2.24, 2.45) is 0 Å². The summed E-state index contributed by atoms with van der Waals surface area (Å²) in [6.45, 7) is 6.27. The third-order valence-electron chi connectivity index (χ3n) is 2.63. The van der Waals surface area contributed by atoms with Gasteiger partial charge in [0.15, 0.2) is 0 Å². The molecule has 0 atom stereocenters. The Bertz CT molecular complexity index is 552. The molecular formula is C11H23NO8S2. The van der Waals surface area contributed by atoms with Gasteiger partial charge in [0.05, 0.1) is 11.5 Å². The highest BCUT2D eigenvalue weighted by Gasteiger charge is 2.31. The van der Waals surface area contributed by atoms with E-state index in [0.717, 1.165) is 0 Å². The number of nitrogens with one attached hydrogen (secondary N) is 1. The van der Waals surface area contributed by atoms with E-state index in [1.54, 1.807) is 20.8 Å². The predicted octanol–water partition coefficient (Wildman–Crippen LogP) is 0.826. The Hall–Kier alpha value is -0.910. The lowest BCUT2D eigenvalue weighted by atomic mass is 9.96. The molecule has 132 valence electrons. The van der Waals surface area contributed by atoms with Crippen LogP contribution in [-0.2, 0) is 25.0 Å². The van der Waals surface area contributed by atoms with Gasteiger partial charge >= 0.3 is 6.09 Å². The van der Waals surface area contributed by atoms with Crippen LogP contribution in [0.3, 0.4) is 0 Å². The quantitative estimate of drug-likeness (QED) is 0.565. The molecule has 0 rings (SSSR count). The van der Waals surface area contributed by atoms with Crippen LogP contribution >= 0.6 is 0 Å². The topological polar surface area (TPSA) is 147 Å². The Morgan fingerprint density at radius 1 is 0.955 bits per heavy atom. The minimum absolute atomic E-state index is 0.249. The molecule has 0 saturated carbocycles. The smallest absolute Gasteiger partial charge is 0.408 e. The molecule has 0 aliphatic rings. The Morgan fingerprint density at radius 3 is 1.59 bits per heavy atom. The van der Waals surface area contributed by atoms with E-state index in [-0.39, 0.29) is 12.8 Å². The lowest BCUT2D eigenvalue weighted by Crippen LogP contribution is -2.49. The fourth-order valence-corrected chi connectivity index (χ4v) is 2.93. The summed E-state index contributed by atoms with van der Waals surface area (Å²) in [4.78, 5) is 11.8. The number of amides is 1. The number of hydrogen-bond donors (Lipinski definition) is 3. The second-order valence-corrected chi connectivity index (χ2v) is 9.40. The van der Waals surface area contributed by atoms with E-state index in [0.29, 0.717) is 0 Å². The highest BCUT2D eigenvalue weighted by atomic mass is 32.2. The van der Waals surface area contributed by atoms with Gasteiger partial charge in [0.1, 0.15) is 5.60 Å². The van der Waals surface area contributed by atoms with Crippen LogP contribution in [0, 0.1) is 0 Å². The Kier molecular flexibility index (Phi) is 6.82. The van der Waals surface area contributed by atoms with E-state index >= 15 is 0 Å². The van der Waals surface area contributed by atoms with E-state index in [2.05, 4.69) is 5.32 Å². The highest BCUT2D eigenvalue weighted by molar-refractivity contribution is 7.86. The minimum atomic E-state index is -4.29. The zero-order valence-electron chi connectivity index (χ0n) is 13.0. The molecule has 0 aromatic rings. The Labute approximate surface area is 130 Å². The summed E-state index contributed by atoms with van der Waals surface area (Å²) < 4.78 is 66.0. The van der Waals surface area contributed by atoms with Crippen LogP contribution in [0.25, 0.3) is 0 Å². The van der Waals surface area contributed by atoms with E-state index in [4.69, 9.17) is 13.8 Å². The van der Waals surface area contributed by atoms with E-state index in [9.17, 15) is 21.6 Å². The van der Waals surface area contributed by atoms with Gasteiger partial charge in [-0.05, 0) is 40.5 Å². The largest absolute Gasteiger partial charge is 0.444 e. The zero-order valence-corrected chi connectivity index (χ0v) is 14.6. The van der Waals surface area contributed by atoms with Gasteiger partial charge in [0.2, 0.25) is 0 Å². The van der Waals surface area contributed by atoms with Gasteiger partial charge < -0.3 is 10.1 Å². The second kappa shape index (κ2) is 7.11. The van der Waals surface area contributed by atoms with E-state index in [1.165, 1.54) is 6.92 Å². The first-order valence-electron chi connectivity index (χ1n) is 6.43. The number of ether oxygens (including phenoxy) is 1. The van der Waals surface area contributed by atoms with E-state index < -0.39 is 49.0 Å². The predicted molar refractivity (Wildman–Crippen MR) is 79.8 cm³/mol. The molecule has 1 amide bonds. The average Bonchev–Trinajstić information content (AvgIpc) is 2.19. The van der Waals surface area contributed by atoms with Crippen LogP contribution in [0.4, 0.5) is 4.79 Å². The third-order valence-corrected chi connectivity index (χ3v) is 4.07. The van der Waals surface area contributed by atoms with Crippen molar-refractivity contribution in [2.45, 2.75) is 51.7 Å². The van der Waals surface area contributed by atoms with Crippen molar-refractivity contribution in [1.29, 1.82) is 0 Å². The fourth-order valence-electron chi connectivity index (χ4n) is 1.51. The summed E-state index contributed by atoms with van der Waals surface area (Å²) in [5.74, 6) is -1.35. The molecule has 0 aliphatic carbocycles. The zero-order chi connectivity index (χ0) is 17.8. The average molecular weight is 361 g/mol. The van der Waals surface area contributed by atoms with Crippen LogP contribution < -0.4 is 5.32 Å². The van der Waals surface area contributed by atoms with Gasteiger partial charge in [-0.3, -0.25) is 9.11 Å². The van der Waals surface area contributed by atoms with Gasteiger partial charge in [0, 0.05) is 5.54 Å². The Morgan fingerprint density at radius 2 is 1.32 bits per heavy atom. The first kappa shape index (κ1) is 21.1. The first-order chi connectivity index (χ1) is 9.52. The molecular weight excluding hydrogens is 338 g/mol. The number of carbonyl (C=O) groups excluding carboxylic acids is 1. The van der Waals surface area contributed by atoms with Crippen LogP contribution in [0.2, 0.25) is 0 Å². The monoisotopic (exact) mass is 361 g/mol. The molecule has 11 heteroatoms. The molecule has 0 heterocycles. The molecule has 0 saturated heterocycles. The maximum atomic E-state index is 11.8. The summed E-state index contributed by atoms with van der Waals surface area (Å²) in [7, 11) is -8.57. The molecule has 3 N–H and O–H groups in total. The maximum Gasteiger partial charge on any atom is 0.408 e. The summed E-state index contributed by atoms with van der Waals surface area (Å²) >= 11 is 0. The van der Waals surface area contributed by atoms with Gasteiger partial charge in [-0.25, -0.2) is 4.79 Å². The fraction of sp³-hybridized carbons (Fsp3) is 0.909. The molecule has 9 nitrogen and oxygen atoms in total. The van der Waals surface area contributed by atoms with Crippen molar-refractivity contribution >= 4 is 26.3 Å². The molecule has 0 fully saturated rings. The van der Waals surface area contributed by atoms with Gasteiger partial charge in [-0.2, -0.15) is 16.8 Å². The first-order valence-corrected chi connectivity index (χ1v) is 9.65. The van der Waals surface area contributed by atoms with Crippen molar-refractivity contribution in [3.05, 3.63) is 0 Å². The van der Waals surface area contributed by atoms with Crippen LogP contribution in [0.15, 0.2) is 0 Å². The number of hydrogen-bond acceptors (Lipinski definition) is 6. The van der Waals surface area contributed by atoms with Crippen molar-refractivity contribution in [3.8, 4) is 0 Å². The number of rotatable bonds is 7. The van der Waals surface area contributed by atoms with Gasteiger partial charge in [-0.15, -0.1) is 0 Å². The number of carbonyl (C=O) groups is 1. The summed E-state index contributed by atoms with van der Waals surface area (Å²) in [5.41, 5.74) is -2.09. The number of alkyl carbamates (subject to hydrolysis) is 1. The lowest BCUT2D eigenvalue weighted by molar-refractivity contribution is 0.0458. The normalized spacial score (nSPS) is 13.7. The molecule has 0 aliphatic heterocycles.